The Kier molecular flexibility index (Phi) is 3.31. The number of carboxylic acid groups (broad SMARTS) is 1. The third kappa shape index (κ3) is 2.26. The predicted octanol–water partition coefficient (Wildman–Crippen LogP) is 3.89. The number of rotatable bonds is 4. The molecule has 1 aromatic carbocycles. The molecule has 2 unspecified atom stereocenters. The Morgan fingerprint density at radius 3 is 2.92 bits per heavy atom. The highest BCUT2D eigenvalue weighted by atomic mass is 19.1. The van der Waals surface area contributed by atoms with E-state index in [0.29, 0.717) is 22.6 Å². The van der Waals surface area contributed by atoms with Gasteiger partial charge in [0, 0.05) is 11.6 Å². The molecular formula is C19H20FNO3. The largest absolute Gasteiger partial charge is 0.490 e. The van der Waals surface area contributed by atoms with Crippen LogP contribution < -0.4 is 4.74 Å². The number of hydrogen-bond donors (Lipinski definition) is 1. The Bertz CT molecular complexity index is 823. The summed E-state index contributed by atoms with van der Waals surface area (Å²) >= 11 is 0. The molecule has 0 aliphatic heterocycles. The fourth-order valence-electron chi connectivity index (χ4n) is 4.80. The first-order valence-electron chi connectivity index (χ1n) is 8.34. The molecule has 5 heteroatoms. The number of fused-ring (bicyclic) bond motifs is 2. The Morgan fingerprint density at radius 2 is 2.25 bits per heavy atom. The molecule has 0 amide bonds. The second-order valence-electron chi connectivity index (χ2n) is 7.42. The average molecular weight is 329 g/mol. The van der Waals surface area contributed by atoms with Gasteiger partial charge in [-0.25, -0.2) is 4.39 Å². The van der Waals surface area contributed by atoms with E-state index in [1.165, 1.54) is 12.1 Å². The number of carbonyl (C=O) groups is 1. The number of carboxylic acids is 1. The first kappa shape index (κ1) is 15.4. The molecule has 2 aromatic rings. The van der Waals surface area contributed by atoms with Crippen LogP contribution in [-0.4, -0.2) is 22.2 Å². The van der Waals surface area contributed by atoms with Crippen LogP contribution in [0.25, 0.3) is 10.9 Å². The van der Waals surface area contributed by atoms with Gasteiger partial charge in [0.2, 0.25) is 0 Å². The highest BCUT2D eigenvalue weighted by Crippen LogP contribution is 2.71. The van der Waals surface area contributed by atoms with Gasteiger partial charge in [-0.3, -0.25) is 9.78 Å². The van der Waals surface area contributed by atoms with E-state index in [1.807, 2.05) is 0 Å². The Morgan fingerprint density at radius 1 is 1.46 bits per heavy atom. The van der Waals surface area contributed by atoms with Crippen molar-refractivity contribution >= 4 is 16.9 Å². The normalized spacial score (nSPS) is 32.4. The van der Waals surface area contributed by atoms with Crippen LogP contribution in [-0.2, 0) is 4.79 Å². The monoisotopic (exact) mass is 329 g/mol. The molecule has 126 valence electrons. The maximum absolute atomic E-state index is 13.5. The highest BCUT2D eigenvalue weighted by molar-refractivity contribution is 5.84. The minimum absolute atomic E-state index is 0.0473. The zero-order valence-electron chi connectivity index (χ0n) is 13.7. The van der Waals surface area contributed by atoms with Crippen LogP contribution in [0.5, 0.6) is 5.75 Å². The number of ether oxygens (including phenoxy) is 1. The van der Waals surface area contributed by atoms with Crippen LogP contribution in [0.3, 0.4) is 0 Å². The molecule has 4 nitrogen and oxygen atoms in total. The molecule has 1 heterocycles. The fraction of sp³-hybridized carbons (Fsp3) is 0.474. The van der Waals surface area contributed by atoms with Crippen molar-refractivity contribution in [2.75, 3.05) is 0 Å². The van der Waals surface area contributed by atoms with Gasteiger partial charge >= 0.3 is 5.97 Å². The van der Waals surface area contributed by atoms with E-state index in [2.05, 4.69) is 11.9 Å². The molecule has 0 spiro atoms. The molecule has 5 atom stereocenters. The third-order valence-corrected chi connectivity index (χ3v) is 6.00. The van der Waals surface area contributed by atoms with Gasteiger partial charge in [0.05, 0.1) is 17.5 Å². The zero-order valence-corrected chi connectivity index (χ0v) is 13.7. The maximum atomic E-state index is 13.5. The van der Waals surface area contributed by atoms with Crippen molar-refractivity contribution in [3.05, 3.63) is 36.3 Å². The number of halogens is 1. The van der Waals surface area contributed by atoms with Gasteiger partial charge in [0.25, 0.3) is 0 Å². The minimum Gasteiger partial charge on any atom is -0.490 e. The van der Waals surface area contributed by atoms with Gasteiger partial charge in [0.15, 0.2) is 0 Å². The fourth-order valence-corrected chi connectivity index (χ4v) is 4.80. The number of pyridine rings is 1. The van der Waals surface area contributed by atoms with Crippen LogP contribution in [0.2, 0.25) is 0 Å². The molecule has 0 radical (unpaired) electrons. The standard InChI is InChI=1S/C19H20FNO3/c1-10(18(22)23)17-14-8-12(9-19(14,17)2)24-16-5-6-21-15-4-3-11(20)7-13(15)16/h3-7,10,12,14,17H,8-9H2,1-2H3,(H,22,23)/t10?,12-,14+,17+,19?/m1/s1. The lowest BCUT2D eigenvalue weighted by Crippen LogP contribution is -2.23. The summed E-state index contributed by atoms with van der Waals surface area (Å²) in [5.41, 5.74) is 0.761. The first-order valence-corrected chi connectivity index (χ1v) is 8.34. The van der Waals surface area contributed by atoms with E-state index in [1.54, 1.807) is 25.3 Å². The molecule has 1 N–H and O–H groups in total. The van der Waals surface area contributed by atoms with Crippen molar-refractivity contribution in [1.29, 1.82) is 0 Å². The summed E-state index contributed by atoms with van der Waals surface area (Å²) in [7, 11) is 0. The Labute approximate surface area is 139 Å². The van der Waals surface area contributed by atoms with Crippen molar-refractivity contribution in [3.63, 3.8) is 0 Å². The third-order valence-electron chi connectivity index (χ3n) is 6.00. The maximum Gasteiger partial charge on any atom is 0.306 e. The van der Waals surface area contributed by atoms with E-state index in [0.717, 1.165) is 12.8 Å². The van der Waals surface area contributed by atoms with E-state index in [4.69, 9.17) is 4.74 Å². The van der Waals surface area contributed by atoms with Crippen LogP contribution in [0.4, 0.5) is 4.39 Å². The summed E-state index contributed by atoms with van der Waals surface area (Å²) in [6.07, 6.45) is 3.42. The number of hydrogen-bond acceptors (Lipinski definition) is 3. The predicted molar refractivity (Wildman–Crippen MR) is 87.2 cm³/mol. The molecule has 2 saturated carbocycles. The molecule has 4 rings (SSSR count). The molecule has 0 saturated heterocycles. The minimum atomic E-state index is -0.719. The summed E-state index contributed by atoms with van der Waals surface area (Å²) in [5, 5.41) is 9.91. The van der Waals surface area contributed by atoms with Crippen LogP contribution in [0, 0.1) is 29.0 Å². The lowest BCUT2D eigenvalue weighted by atomic mass is 9.92. The van der Waals surface area contributed by atoms with Crippen LogP contribution >= 0.6 is 0 Å². The van der Waals surface area contributed by atoms with Gasteiger partial charge in [-0.1, -0.05) is 13.8 Å². The average Bonchev–Trinajstić information content (AvgIpc) is 2.94. The van der Waals surface area contributed by atoms with Gasteiger partial charge in [-0.15, -0.1) is 0 Å². The number of aliphatic carboxylic acids is 1. The van der Waals surface area contributed by atoms with E-state index >= 15 is 0 Å². The Hall–Kier alpha value is -2.17. The summed E-state index contributed by atoms with van der Waals surface area (Å²) in [6.45, 7) is 3.96. The number of nitrogens with zero attached hydrogens (tertiary/aromatic N) is 1. The van der Waals surface area contributed by atoms with Gasteiger partial charge in [-0.05, 0) is 54.4 Å². The topological polar surface area (TPSA) is 59.4 Å². The van der Waals surface area contributed by atoms with Gasteiger partial charge in [-0.2, -0.15) is 0 Å². The Balaban J connectivity index is 1.52. The van der Waals surface area contributed by atoms with Gasteiger partial charge < -0.3 is 9.84 Å². The van der Waals surface area contributed by atoms with E-state index in [-0.39, 0.29) is 29.2 Å². The highest BCUT2D eigenvalue weighted by Gasteiger charge is 2.68. The van der Waals surface area contributed by atoms with Gasteiger partial charge in [0.1, 0.15) is 11.6 Å². The lowest BCUT2D eigenvalue weighted by Gasteiger charge is -2.21. The molecule has 2 aliphatic carbocycles. The van der Waals surface area contributed by atoms with Crippen LogP contribution in [0.1, 0.15) is 26.7 Å². The molecule has 1 aromatic heterocycles. The SMILES string of the molecule is CC(C(=O)O)[C@H]1[C@@H]2C[C@@H](Oc3ccnc4ccc(F)cc34)CC21C. The molecule has 0 bridgehead atoms. The smallest absolute Gasteiger partial charge is 0.306 e. The lowest BCUT2D eigenvalue weighted by molar-refractivity contribution is -0.142. The molecule has 24 heavy (non-hydrogen) atoms. The van der Waals surface area contributed by atoms with E-state index in [9.17, 15) is 14.3 Å². The second kappa shape index (κ2) is 5.16. The molecule has 2 fully saturated rings. The quantitative estimate of drug-likeness (QED) is 0.924. The van der Waals surface area contributed by atoms with Crippen molar-refractivity contribution < 1.29 is 19.0 Å². The summed E-state index contributed by atoms with van der Waals surface area (Å²) in [6, 6.07) is 6.26. The van der Waals surface area contributed by atoms with E-state index < -0.39 is 5.97 Å². The number of benzene rings is 1. The molecular weight excluding hydrogens is 309 g/mol. The molecule has 2 aliphatic rings. The van der Waals surface area contributed by atoms with Crippen molar-refractivity contribution in [1.82, 2.24) is 4.98 Å². The summed E-state index contributed by atoms with van der Waals surface area (Å²) in [4.78, 5) is 15.5. The number of aromatic nitrogens is 1. The second-order valence-corrected chi connectivity index (χ2v) is 7.42. The van der Waals surface area contributed by atoms with Crippen molar-refractivity contribution in [2.45, 2.75) is 32.8 Å². The van der Waals surface area contributed by atoms with Crippen molar-refractivity contribution in [3.8, 4) is 5.75 Å². The van der Waals surface area contributed by atoms with Crippen molar-refractivity contribution in [2.24, 2.45) is 23.2 Å². The zero-order chi connectivity index (χ0) is 17.1. The first-order chi connectivity index (χ1) is 11.4. The van der Waals surface area contributed by atoms with Crippen LogP contribution in [0.15, 0.2) is 30.5 Å². The summed E-state index contributed by atoms with van der Waals surface area (Å²) < 4.78 is 19.7. The summed E-state index contributed by atoms with van der Waals surface area (Å²) in [5.74, 6) is -0.0467.